The molecule has 1 aromatic carbocycles. The van der Waals surface area contributed by atoms with Gasteiger partial charge in [-0.2, -0.15) is 0 Å². The van der Waals surface area contributed by atoms with Crippen LogP contribution in [0.15, 0.2) is 40.1 Å². The van der Waals surface area contributed by atoms with E-state index in [2.05, 4.69) is 13.5 Å². The average molecular weight is 398 g/mol. The Labute approximate surface area is 171 Å². The molecule has 0 spiro atoms. The molecule has 5 nitrogen and oxygen atoms in total. The number of hydrogen-bond acceptors (Lipinski definition) is 5. The van der Waals surface area contributed by atoms with Crippen LogP contribution in [0.3, 0.4) is 0 Å². The van der Waals surface area contributed by atoms with Crippen molar-refractivity contribution in [2.24, 2.45) is 0 Å². The zero-order valence-corrected chi connectivity index (χ0v) is 17.9. The minimum Gasteiger partial charge on any atom is -0.484 e. The van der Waals surface area contributed by atoms with Crippen molar-refractivity contribution in [3.05, 3.63) is 52.4 Å². The standard InChI is InChI=1S/C24H30O5/c1-7-22(2,3)16-11-14-10-15-12-20-24(6,9-8-19(28-20)23(4,5)26)29-18(15)13-17(14)27-21(16)25/h7,10-11,13,19-20,26H,1,8-9,12H2,2-6H3/t19-,20+,24-/m0/s1. The van der Waals surface area contributed by atoms with Gasteiger partial charge in [0.15, 0.2) is 0 Å². The van der Waals surface area contributed by atoms with E-state index in [0.717, 1.165) is 29.5 Å². The van der Waals surface area contributed by atoms with Gasteiger partial charge in [0.05, 0.1) is 11.7 Å². The molecule has 2 aliphatic heterocycles. The maximum atomic E-state index is 12.5. The lowest BCUT2D eigenvalue weighted by atomic mass is 9.80. The summed E-state index contributed by atoms with van der Waals surface area (Å²) in [7, 11) is 0. The fourth-order valence-corrected chi connectivity index (χ4v) is 4.35. The molecule has 0 amide bonds. The molecule has 3 atom stereocenters. The normalized spacial score (nSPS) is 27.1. The molecule has 1 saturated heterocycles. The molecule has 1 fully saturated rings. The van der Waals surface area contributed by atoms with Crippen LogP contribution in [0.2, 0.25) is 0 Å². The molecule has 0 unspecified atom stereocenters. The summed E-state index contributed by atoms with van der Waals surface area (Å²) >= 11 is 0. The van der Waals surface area contributed by atoms with Crippen molar-refractivity contribution in [3.63, 3.8) is 0 Å². The second-order valence-corrected chi connectivity index (χ2v) is 9.80. The van der Waals surface area contributed by atoms with Crippen LogP contribution < -0.4 is 10.4 Å². The lowest BCUT2D eigenvalue weighted by Gasteiger charge is -2.49. The molecular formula is C24H30O5. The molecule has 0 bridgehead atoms. The summed E-state index contributed by atoms with van der Waals surface area (Å²) in [6, 6.07) is 5.73. The van der Waals surface area contributed by atoms with Crippen molar-refractivity contribution in [2.75, 3.05) is 0 Å². The second kappa shape index (κ2) is 6.44. The molecule has 2 aliphatic rings. The highest BCUT2D eigenvalue weighted by molar-refractivity contribution is 5.80. The van der Waals surface area contributed by atoms with Gasteiger partial charge in [-0.05, 0) is 51.3 Å². The summed E-state index contributed by atoms with van der Waals surface area (Å²) in [5.74, 6) is 0.737. The molecule has 4 rings (SSSR count). The lowest BCUT2D eigenvalue weighted by molar-refractivity contribution is -0.206. The van der Waals surface area contributed by atoms with E-state index >= 15 is 0 Å². The predicted octanol–water partition coefficient (Wildman–Crippen LogP) is 4.27. The Morgan fingerprint density at radius 1 is 1.24 bits per heavy atom. The average Bonchev–Trinajstić information content (AvgIpc) is 2.62. The van der Waals surface area contributed by atoms with Crippen LogP contribution in [0.5, 0.6) is 5.75 Å². The van der Waals surface area contributed by atoms with Crippen LogP contribution in [0.1, 0.15) is 58.6 Å². The molecule has 29 heavy (non-hydrogen) atoms. The Hall–Kier alpha value is -2.11. The topological polar surface area (TPSA) is 68.9 Å². The van der Waals surface area contributed by atoms with Crippen molar-refractivity contribution in [1.29, 1.82) is 0 Å². The molecule has 0 radical (unpaired) electrons. The van der Waals surface area contributed by atoms with Gasteiger partial charge in [-0.15, -0.1) is 6.58 Å². The first-order chi connectivity index (χ1) is 13.4. The minimum atomic E-state index is -0.889. The monoisotopic (exact) mass is 398 g/mol. The summed E-state index contributed by atoms with van der Waals surface area (Å²) in [5.41, 5.74) is -0.0638. The molecular weight excluding hydrogens is 368 g/mol. The predicted molar refractivity (Wildman–Crippen MR) is 113 cm³/mol. The number of allylic oxidation sites excluding steroid dienone is 1. The third-order valence-electron chi connectivity index (χ3n) is 6.57. The van der Waals surface area contributed by atoms with Gasteiger partial charge in [0, 0.05) is 28.9 Å². The van der Waals surface area contributed by atoms with Crippen molar-refractivity contribution in [3.8, 4) is 5.75 Å². The highest BCUT2D eigenvalue weighted by atomic mass is 16.6. The quantitative estimate of drug-likeness (QED) is 0.618. The Kier molecular flexibility index (Phi) is 4.48. The molecule has 3 heterocycles. The molecule has 156 valence electrons. The fourth-order valence-electron chi connectivity index (χ4n) is 4.35. The third-order valence-corrected chi connectivity index (χ3v) is 6.57. The molecule has 2 aromatic rings. The van der Waals surface area contributed by atoms with Gasteiger partial charge < -0.3 is 19.0 Å². The lowest BCUT2D eigenvalue weighted by Crippen LogP contribution is -2.58. The molecule has 0 saturated carbocycles. The van der Waals surface area contributed by atoms with Crippen molar-refractivity contribution < 1.29 is 19.0 Å². The Morgan fingerprint density at radius 3 is 2.62 bits per heavy atom. The van der Waals surface area contributed by atoms with Crippen LogP contribution in [-0.2, 0) is 16.6 Å². The third kappa shape index (κ3) is 3.40. The maximum absolute atomic E-state index is 12.5. The van der Waals surface area contributed by atoms with Crippen LogP contribution in [-0.4, -0.2) is 28.5 Å². The van der Waals surface area contributed by atoms with E-state index in [9.17, 15) is 9.90 Å². The van der Waals surface area contributed by atoms with Crippen molar-refractivity contribution in [1.82, 2.24) is 0 Å². The largest absolute Gasteiger partial charge is 0.484 e. The molecule has 1 N–H and O–H groups in total. The van der Waals surface area contributed by atoms with Crippen LogP contribution in [0, 0.1) is 0 Å². The highest BCUT2D eigenvalue weighted by Gasteiger charge is 2.49. The number of benzene rings is 1. The van der Waals surface area contributed by atoms with E-state index in [1.54, 1.807) is 19.9 Å². The zero-order valence-electron chi connectivity index (χ0n) is 17.9. The van der Waals surface area contributed by atoms with E-state index in [1.165, 1.54) is 0 Å². The van der Waals surface area contributed by atoms with E-state index < -0.39 is 16.6 Å². The maximum Gasteiger partial charge on any atom is 0.340 e. The summed E-state index contributed by atoms with van der Waals surface area (Å²) in [5, 5.41) is 11.3. The minimum absolute atomic E-state index is 0.141. The first-order valence-corrected chi connectivity index (χ1v) is 10.2. The Bertz CT molecular complexity index is 1030. The summed E-state index contributed by atoms with van der Waals surface area (Å²) in [6.45, 7) is 13.4. The van der Waals surface area contributed by atoms with Gasteiger partial charge in [0.1, 0.15) is 23.0 Å². The van der Waals surface area contributed by atoms with Gasteiger partial charge in [-0.1, -0.05) is 19.9 Å². The van der Waals surface area contributed by atoms with Gasteiger partial charge in [-0.25, -0.2) is 4.79 Å². The smallest absolute Gasteiger partial charge is 0.340 e. The van der Waals surface area contributed by atoms with Crippen molar-refractivity contribution in [2.45, 2.75) is 82.7 Å². The Balaban J connectivity index is 1.75. The second-order valence-electron chi connectivity index (χ2n) is 9.80. The number of hydrogen-bond donors (Lipinski definition) is 1. The first kappa shape index (κ1) is 20.2. The fraction of sp³-hybridized carbons (Fsp3) is 0.542. The number of ether oxygens (including phenoxy) is 2. The Morgan fingerprint density at radius 2 is 1.97 bits per heavy atom. The highest BCUT2D eigenvalue weighted by Crippen LogP contribution is 2.44. The zero-order chi connectivity index (χ0) is 21.2. The van der Waals surface area contributed by atoms with Crippen LogP contribution in [0.4, 0.5) is 0 Å². The molecule has 1 aromatic heterocycles. The van der Waals surface area contributed by atoms with E-state index in [-0.39, 0.29) is 17.8 Å². The summed E-state index contributed by atoms with van der Waals surface area (Å²) in [4.78, 5) is 12.5. The van der Waals surface area contributed by atoms with Gasteiger partial charge >= 0.3 is 5.63 Å². The molecule has 5 heteroatoms. The summed E-state index contributed by atoms with van der Waals surface area (Å²) < 4.78 is 18.3. The number of rotatable bonds is 3. The van der Waals surface area contributed by atoms with Gasteiger partial charge in [-0.3, -0.25) is 0 Å². The van der Waals surface area contributed by atoms with Gasteiger partial charge in [0.25, 0.3) is 0 Å². The van der Waals surface area contributed by atoms with E-state index in [0.29, 0.717) is 17.6 Å². The number of aliphatic hydroxyl groups is 1. The van der Waals surface area contributed by atoms with E-state index in [1.807, 2.05) is 32.0 Å². The summed E-state index contributed by atoms with van der Waals surface area (Å²) in [6.07, 6.45) is 3.61. The van der Waals surface area contributed by atoms with Crippen LogP contribution >= 0.6 is 0 Å². The SMILES string of the molecule is C=CC(C)(C)c1cc2cc3c(cc2oc1=O)O[C@@]1(C)CC[C@@H](C(C)(C)O)O[C@@H]1C3. The number of fused-ring (bicyclic) bond motifs is 3. The van der Waals surface area contributed by atoms with E-state index in [4.69, 9.17) is 13.9 Å². The van der Waals surface area contributed by atoms with Gasteiger partial charge in [0.2, 0.25) is 0 Å². The first-order valence-electron chi connectivity index (χ1n) is 10.2. The van der Waals surface area contributed by atoms with Crippen molar-refractivity contribution >= 4 is 11.0 Å². The van der Waals surface area contributed by atoms with Crippen LogP contribution in [0.25, 0.3) is 11.0 Å². The molecule has 0 aliphatic carbocycles.